The number of hydrogen-bond acceptors (Lipinski definition) is 6. The first-order valence-corrected chi connectivity index (χ1v) is 6.00. The van der Waals surface area contributed by atoms with E-state index in [1.54, 1.807) is 0 Å². The first-order chi connectivity index (χ1) is 8.18. The smallest absolute Gasteiger partial charge is 0.272 e. The van der Waals surface area contributed by atoms with E-state index in [9.17, 15) is 20.1 Å². The topological polar surface area (TPSA) is 119 Å². The lowest BCUT2D eigenvalue weighted by molar-refractivity contribution is -0.253. The molecule has 5 N–H and O–H groups in total. The molecule has 1 rings (SSSR count). The van der Waals surface area contributed by atoms with Gasteiger partial charge in [-0.25, -0.2) is 0 Å². The number of rotatable bonds is 2. The Balaban J connectivity index is 2.74. The fraction of sp³-hybridized carbons (Fsp3) is 0.875. The van der Waals surface area contributed by atoms with Gasteiger partial charge < -0.3 is 30.5 Å². The highest BCUT2D eigenvalue weighted by Gasteiger charge is 2.46. The molecule has 106 valence electrons. The maximum absolute atomic E-state index is 11.4. The lowest BCUT2D eigenvalue weighted by Crippen LogP contribution is -2.65. The molecule has 5 atom stereocenters. The third kappa shape index (κ3) is 3.58. The Morgan fingerprint density at radius 2 is 1.78 bits per heavy atom. The minimum atomic E-state index is -2.28. The molecule has 0 aromatic rings. The van der Waals surface area contributed by atoms with Gasteiger partial charge in [-0.2, -0.15) is 0 Å². The van der Waals surface area contributed by atoms with Gasteiger partial charge in [0.2, 0.25) is 0 Å². The summed E-state index contributed by atoms with van der Waals surface area (Å²) in [6.07, 6.45) is -5.91. The molecule has 1 aliphatic rings. The fourth-order valence-corrected chi connectivity index (χ4v) is 1.65. The third-order valence-electron chi connectivity index (χ3n) is 2.46. The molecule has 18 heavy (non-hydrogen) atoms. The number of alkyl halides is 3. The van der Waals surface area contributed by atoms with Crippen LogP contribution in [0.2, 0.25) is 0 Å². The first-order valence-electron chi connectivity index (χ1n) is 4.86. The largest absolute Gasteiger partial charge is 0.394 e. The van der Waals surface area contributed by atoms with Gasteiger partial charge in [-0.15, -0.1) is 0 Å². The number of amides is 1. The van der Waals surface area contributed by atoms with Gasteiger partial charge in [0, 0.05) is 0 Å². The Kier molecular flexibility index (Phi) is 5.45. The third-order valence-corrected chi connectivity index (χ3v) is 2.97. The molecule has 1 fully saturated rings. The highest BCUT2D eigenvalue weighted by atomic mass is 35.6. The molecule has 0 saturated carbocycles. The Bertz CT molecular complexity index is 312. The van der Waals surface area contributed by atoms with Crippen LogP contribution in [0.25, 0.3) is 0 Å². The van der Waals surface area contributed by atoms with Gasteiger partial charge in [0.15, 0.2) is 6.29 Å². The quantitative estimate of drug-likeness (QED) is 0.385. The molecule has 1 amide bonds. The van der Waals surface area contributed by atoms with Gasteiger partial charge in [0.1, 0.15) is 24.4 Å². The van der Waals surface area contributed by atoms with Crippen molar-refractivity contribution in [2.24, 2.45) is 0 Å². The second-order valence-corrected chi connectivity index (χ2v) is 6.01. The van der Waals surface area contributed by atoms with E-state index < -0.39 is 47.0 Å². The molecule has 0 aliphatic carbocycles. The van der Waals surface area contributed by atoms with Crippen molar-refractivity contribution in [1.82, 2.24) is 5.32 Å². The van der Waals surface area contributed by atoms with E-state index in [2.05, 4.69) is 0 Å². The van der Waals surface area contributed by atoms with Crippen molar-refractivity contribution in [3.8, 4) is 0 Å². The van der Waals surface area contributed by atoms with Gasteiger partial charge >= 0.3 is 0 Å². The number of ether oxygens (including phenoxy) is 1. The van der Waals surface area contributed by atoms with Crippen molar-refractivity contribution in [2.75, 3.05) is 6.61 Å². The highest BCUT2D eigenvalue weighted by molar-refractivity contribution is 6.76. The van der Waals surface area contributed by atoms with E-state index in [0.29, 0.717) is 0 Å². The summed E-state index contributed by atoms with van der Waals surface area (Å²) in [5.41, 5.74) is 0. The number of carbonyl (C=O) groups is 1. The van der Waals surface area contributed by atoms with Crippen molar-refractivity contribution in [1.29, 1.82) is 0 Å². The lowest BCUT2D eigenvalue weighted by Gasteiger charge is -2.40. The van der Waals surface area contributed by atoms with Crippen LogP contribution < -0.4 is 5.32 Å². The Hall–Kier alpha value is 0.140. The van der Waals surface area contributed by atoms with E-state index in [1.807, 2.05) is 5.32 Å². The average Bonchev–Trinajstić information content (AvgIpc) is 2.27. The molecule has 0 aromatic carbocycles. The number of hydrogen-bond donors (Lipinski definition) is 5. The SMILES string of the molecule is O=C(N[C@H]1C(O)O[C@H](CO)[C@@H](O)[C@@H]1O)C(Cl)(Cl)Cl. The van der Waals surface area contributed by atoms with Gasteiger partial charge in [0.25, 0.3) is 9.70 Å². The van der Waals surface area contributed by atoms with Crippen LogP contribution in [0.4, 0.5) is 0 Å². The summed E-state index contributed by atoms with van der Waals surface area (Å²) in [6.45, 7) is -0.611. The predicted octanol–water partition coefficient (Wildman–Crippen LogP) is -1.73. The molecular weight excluding hydrogens is 312 g/mol. The molecule has 1 aliphatic heterocycles. The molecule has 10 heteroatoms. The highest BCUT2D eigenvalue weighted by Crippen LogP contribution is 2.27. The summed E-state index contributed by atoms with van der Waals surface area (Å²) in [7, 11) is 0. The molecule has 1 unspecified atom stereocenters. The van der Waals surface area contributed by atoms with E-state index in [4.69, 9.17) is 44.6 Å². The zero-order chi connectivity index (χ0) is 14.1. The molecule has 1 heterocycles. The number of halogens is 3. The molecule has 0 bridgehead atoms. The van der Waals surface area contributed by atoms with E-state index in [1.165, 1.54) is 0 Å². The minimum Gasteiger partial charge on any atom is -0.394 e. The van der Waals surface area contributed by atoms with Crippen LogP contribution in [-0.2, 0) is 9.53 Å². The average molecular weight is 325 g/mol. The summed E-state index contributed by atoms with van der Waals surface area (Å²) in [5.74, 6) is -1.09. The van der Waals surface area contributed by atoms with Gasteiger partial charge in [-0.05, 0) is 0 Å². The maximum Gasteiger partial charge on any atom is 0.272 e. The number of aliphatic hydroxyl groups is 4. The molecule has 0 spiro atoms. The molecule has 0 aromatic heterocycles. The fourth-order valence-electron chi connectivity index (χ4n) is 1.49. The second-order valence-electron chi connectivity index (χ2n) is 3.73. The number of carbonyl (C=O) groups excluding carboxylic acids is 1. The van der Waals surface area contributed by atoms with Crippen molar-refractivity contribution >= 4 is 40.7 Å². The summed E-state index contributed by atoms with van der Waals surface area (Å²) >= 11 is 15.9. The summed E-state index contributed by atoms with van der Waals surface area (Å²) in [4.78, 5) is 11.4. The molecule has 7 nitrogen and oxygen atoms in total. The van der Waals surface area contributed by atoms with Crippen molar-refractivity contribution in [2.45, 2.75) is 34.4 Å². The summed E-state index contributed by atoms with van der Waals surface area (Å²) in [5, 5.41) is 39.6. The van der Waals surface area contributed by atoms with Gasteiger partial charge in [-0.3, -0.25) is 4.79 Å². The zero-order valence-corrected chi connectivity index (χ0v) is 11.1. The molecular formula is C8H12Cl3NO6. The Morgan fingerprint density at radius 1 is 1.22 bits per heavy atom. The predicted molar refractivity (Wildman–Crippen MR) is 62.2 cm³/mol. The van der Waals surface area contributed by atoms with Crippen molar-refractivity contribution in [3.63, 3.8) is 0 Å². The monoisotopic (exact) mass is 323 g/mol. The van der Waals surface area contributed by atoms with Gasteiger partial charge in [-0.1, -0.05) is 34.8 Å². The standard InChI is InChI=1S/C8H12Cl3NO6/c9-8(10,11)7(17)12-3-5(15)4(14)2(1-13)18-6(3)16/h2-6,13-16H,1H2,(H,12,17)/t2-,3-,4-,5-,6?/m1/s1. The normalized spacial score (nSPS) is 37.4. The van der Waals surface area contributed by atoms with Crippen LogP contribution in [-0.4, -0.2) is 67.4 Å². The Morgan fingerprint density at radius 3 is 2.22 bits per heavy atom. The van der Waals surface area contributed by atoms with E-state index in [0.717, 1.165) is 0 Å². The first kappa shape index (κ1) is 16.2. The van der Waals surface area contributed by atoms with E-state index in [-0.39, 0.29) is 0 Å². The minimum absolute atomic E-state index is 0.611. The van der Waals surface area contributed by atoms with Crippen LogP contribution in [0.1, 0.15) is 0 Å². The second kappa shape index (κ2) is 6.06. The van der Waals surface area contributed by atoms with Crippen LogP contribution in [0, 0.1) is 0 Å². The van der Waals surface area contributed by atoms with Crippen molar-refractivity contribution in [3.05, 3.63) is 0 Å². The molecule has 1 saturated heterocycles. The van der Waals surface area contributed by atoms with Crippen molar-refractivity contribution < 1.29 is 30.0 Å². The van der Waals surface area contributed by atoms with Crippen LogP contribution in [0.3, 0.4) is 0 Å². The number of nitrogens with one attached hydrogen (secondary N) is 1. The Labute approximate surface area is 117 Å². The summed E-state index contributed by atoms with van der Waals surface area (Å²) < 4.78 is 2.52. The van der Waals surface area contributed by atoms with Crippen LogP contribution in [0.15, 0.2) is 0 Å². The zero-order valence-electron chi connectivity index (χ0n) is 8.83. The molecule has 0 radical (unpaired) electrons. The maximum atomic E-state index is 11.4. The van der Waals surface area contributed by atoms with E-state index >= 15 is 0 Å². The van der Waals surface area contributed by atoms with Crippen LogP contribution in [0.5, 0.6) is 0 Å². The lowest BCUT2D eigenvalue weighted by atomic mass is 9.97. The summed E-state index contributed by atoms with van der Waals surface area (Å²) in [6, 6.07) is -1.38. The number of aliphatic hydroxyl groups excluding tert-OH is 4. The van der Waals surface area contributed by atoms with Gasteiger partial charge in [0.05, 0.1) is 6.61 Å². The van der Waals surface area contributed by atoms with Crippen LogP contribution >= 0.6 is 34.8 Å².